The normalized spacial score (nSPS) is 11.8. The fourth-order valence-corrected chi connectivity index (χ4v) is 5.13. The molecule has 0 atom stereocenters. The van der Waals surface area contributed by atoms with E-state index in [1.807, 2.05) is 7.05 Å². The quantitative estimate of drug-likeness (QED) is 0.569. The van der Waals surface area contributed by atoms with E-state index in [4.69, 9.17) is 0 Å². The largest absolute Gasteiger partial charge is 0.465 e. The lowest BCUT2D eigenvalue weighted by Crippen LogP contribution is -2.29. The van der Waals surface area contributed by atoms with Crippen LogP contribution in [-0.2, 0) is 14.8 Å². The molecule has 1 aromatic heterocycles. The lowest BCUT2D eigenvalue weighted by atomic mass is 10.4. The van der Waals surface area contributed by atoms with Crippen LogP contribution in [0.2, 0.25) is 0 Å². The van der Waals surface area contributed by atoms with Crippen molar-refractivity contribution < 1.29 is 17.9 Å². The highest BCUT2D eigenvalue weighted by molar-refractivity contribution is 9.11. The van der Waals surface area contributed by atoms with Crippen molar-refractivity contribution in [3.05, 3.63) is 14.7 Å². The van der Waals surface area contributed by atoms with Crippen LogP contribution >= 0.6 is 27.3 Å². The van der Waals surface area contributed by atoms with Crippen LogP contribution in [0.5, 0.6) is 0 Å². The molecule has 1 rings (SSSR count). The Labute approximate surface area is 131 Å². The van der Waals surface area contributed by atoms with Gasteiger partial charge >= 0.3 is 5.97 Å². The Morgan fingerprint density at radius 2 is 2.20 bits per heavy atom. The number of carbonyl (C=O) groups is 1. The molecule has 0 aromatic carbocycles. The van der Waals surface area contributed by atoms with Crippen molar-refractivity contribution in [1.29, 1.82) is 0 Å². The van der Waals surface area contributed by atoms with Gasteiger partial charge in [-0.1, -0.05) is 0 Å². The number of hydrogen-bond acceptors (Lipinski definition) is 6. The third-order valence-electron chi connectivity index (χ3n) is 2.63. The molecule has 0 bridgehead atoms. The minimum Gasteiger partial charge on any atom is -0.465 e. The molecule has 1 heterocycles. The minimum absolute atomic E-state index is 0.0925. The van der Waals surface area contributed by atoms with Gasteiger partial charge in [0.25, 0.3) is 0 Å². The monoisotopic (exact) mass is 384 g/mol. The smallest absolute Gasteiger partial charge is 0.348 e. The molecule has 0 aliphatic heterocycles. The number of nitrogens with zero attached hydrogens (tertiary/aromatic N) is 1. The number of carbonyl (C=O) groups excluding carboxylic acids is 1. The van der Waals surface area contributed by atoms with Gasteiger partial charge in [0, 0.05) is 13.6 Å². The molecule has 0 amide bonds. The zero-order valence-electron chi connectivity index (χ0n) is 11.5. The van der Waals surface area contributed by atoms with E-state index in [2.05, 4.69) is 26.0 Å². The van der Waals surface area contributed by atoms with Gasteiger partial charge in [-0.2, -0.15) is 0 Å². The highest BCUT2D eigenvalue weighted by Crippen LogP contribution is 2.33. The first-order chi connectivity index (χ1) is 9.34. The van der Waals surface area contributed by atoms with E-state index in [0.717, 1.165) is 17.9 Å². The Bertz CT molecular complexity index is 571. The Kier molecular flexibility index (Phi) is 6.59. The maximum Gasteiger partial charge on any atom is 0.348 e. The number of esters is 1. The van der Waals surface area contributed by atoms with Crippen molar-refractivity contribution in [3.63, 3.8) is 0 Å². The molecule has 6 nitrogen and oxygen atoms in total. The Hall–Kier alpha value is -0.480. The lowest BCUT2D eigenvalue weighted by Gasteiger charge is -2.16. The van der Waals surface area contributed by atoms with Crippen LogP contribution in [0, 0.1) is 0 Å². The molecule has 0 saturated carbocycles. The van der Waals surface area contributed by atoms with Gasteiger partial charge in [-0.15, -0.1) is 11.3 Å². The predicted octanol–water partition coefficient (Wildman–Crippen LogP) is 1.53. The molecule has 20 heavy (non-hydrogen) atoms. The Balaban J connectivity index is 2.97. The van der Waals surface area contributed by atoms with Gasteiger partial charge in [0.05, 0.1) is 10.9 Å². The number of rotatable bonds is 7. The van der Waals surface area contributed by atoms with Crippen LogP contribution in [0.1, 0.15) is 16.1 Å². The number of thiophene rings is 1. The number of sulfonamides is 1. The van der Waals surface area contributed by atoms with Crippen molar-refractivity contribution in [1.82, 2.24) is 9.62 Å². The maximum atomic E-state index is 12.4. The molecule has 0 unspecified atom stereocenters. The van der Waals surface area contributed by atoms with Gasteiger partial charge in [0.15, 0.2) is 0 Å². The van der Waals surface area contributed by atoms with Gasteiger partial charge in [-0.05, 0) is 42.0 Å². The fraction of sp³-hybridized carbons (Fsp3) is 0.545. The van der Waals surface area contributed by atoms with Gasteiger partial charge in [0.2, 0.25) is 10.0 Å². The molecular weight excluding hydrogens is 368 g/mol. The molecule has 0 fully saturated rings. The van der Waals surface area contributed by atoms with E-state index in [-0.39, 0.29) is 9.77 Å². The van der Waals surface area contributed by atoms with Gasteiger partial charge < -0.3 is 10.1 Å². The summed E-state index contributed by atoms with van der Waals surface area (Å²) in [6.07, 6.45) is 0.706. The average molecular weight is 385 g/mol. The first kappa shape index (κ1) is 17.6. The first-order valence-electron chi connectivity index (χ1n) is 5.83. The molecular formula is C11H17BrN2O4S2. The molecule has 9 heteroatoms. The van der Waals surface area contributed by atoms with Crippen LogP contribution in [0.25, 0.3) is 0 Å². The van der Waals surface area contributed by atoms with E-state index in [0.29, 0.717) is 16.8 Å². The molecule has 0 aliphatic rings. The van der Waals surface area contributed by atoms with Crippen LogP contribution in [-0.4, -0.2) is 53.0 Å². The molecule has 0 spiro atoms. The average Bonchev–Trinajstić information content (AvgIpc) is 2.80. The summed E-state index contributed by atoms with van der Waals surface area (Å²) in [7, 11) is 0.981. The third kappa shape index (κ3) is 4.01. The summed E-state index contributed by atoms with van der Waals surface area (Å²) in [5.74, 6) is -0.546. The SMILES string of the molecule is CNCCCN(C)S(=O)(=O)c1cc(C(=O)OC)sc1Br. The molecule has 0 saturated heterocycles. The number of hydrogen-bond donors (Lipinski definition) is 1. The van der Waals surface area contributed by atoms with Crippen LogP contribution < -0.4 is 5.32 Å². The standard InChI is InChI=1S/C11H17BrN2O4S2/c1-13-5-4-6-14(2)20(16,17)9-7-8(11(15)18-3)19-10(9)12/h7,13H,4-6H2,1-3H3. The van der Waals surface area contributed by atoms with Crippen molar-refractivity contribution in [2.24, 2.45) is 0 Å². The van der Waals surface area contributed by atoms with Crippen molar-refractivity contribution in [2.75, 3.05) is 34.3 Å². The first-order valence-corrected chi connectivity index (χ1v) is 8.88. The van der Waals surface area contributed by atoms with Crippen molar-refractivity contribution in [2.45, 2.75) is 11.3 Å². The third-order valence-corrected chi connectivity index (χ3v) is 6.72. The van der Waals surface area contributed by atoms with E-state index < -0.39 is 16.0 Å². The van der Waals surface area contributed by atoms with Gasteiger partial charge in [0.1, 0.15) is 9.77 Å². The molecule has 114 valence electrons. The zero-order chi connectivity index (χ0) is 15.3. The summed E-state index contributed by atoms with van der Waals surface area (Å²) in [6.45, 7) is 1.14. The second kappa shape index (κ2) is 7.51. The van der Waals surface area contributed by atoms with E-state index >= 15 is 0 Å². The lowest BCUT2D eigenvalue weighted by molar-refractivity contribution is 0.0606. The summed E-state index contributed by atoms with van der Waals surface area (Å²) in [4.78, 5) is 11.8. The highest BCUT2D eigenvalue weighted by Gasteiger charge is 2.27. The second-order valence-corrected chi connectivity index (χ2v) is 8.41. The Morgan fingerprint density at radius 1 is 1.55 bits per heavy atom. The minimum atomic E-state index is -3.61. The number of halogens is 1. The molecule has 0 radical (unpaired) electrons. The summed E-state index contributed by atoms with van der Waals surface area (Å²) in [6, 6.07) is 1.34. The zero-order valence-corrected chi connectivity index (χ0v) is 14.7. The Morgan fingerprint density at radius 3 is 2.75 bits per heavy atom. The number of nitrogens with one attached hydrogen (secondary N) is 1. The second-order valence-electron chi connectivity index (χ2n) is 4.02. The summed E-state index contributed by atoms with van der Waals surface area (Å²) in [5, 5.41) is 2.96. The van der Waals surface area contributed by atoms with Crippen LogP contribution in [0.15, 0.2) is 14.7 Å². The molecule has 1 aromatic rings. The van der Waals surface area contributed by atoms with Gasteiger partial charge in [-0.25, -0.2) is 17.5 Å². The predicted molar refractivity (Wildman–Crippen MR) is 81.7 cm³/mol. The maximum absolute atomic E-state index is 12.4. The molecule has 0 aliphatic carbocycles. The van der Waals surface area contributed by atoms with Crippen molar-refractivity contribution >= 4 is 43.3 Å². The van der Waals surface area contributed by atoms with E-state index in [1.165, 1.54) is 24.5 Å². The summed E-state index contributed by atoms with van der Waals surface area (Å²) >= 11 is 4.24. The number of ether oxygens (including phenoxy) is 1. The van der Waals surface area contributed by atoms with E-state index in [1.54, 1.807) is 0 Å². The topological polar surface area (TPSA) is 75.7 Å². The summed E-state index contributed by atoms with van der Waals surface area (Å²) < 4.78 is 31.1. The fourth-order valence-electron chi connectivity index (χ4n) is 1.50. The molecule has 1 N–H and O–H groups in total. The van der Waals surface area contributed by atoms with Gasteiger partial charge in [-0.3, -0.25) is 0 Å². The highest BCUT2D eigenvalue weighted by atomic mass is 79.9. The summed E-state index contributed by atoms with van der Waals surface area (Å²) in [5.41, 5.74) is 0. The van der Waals surface area contributed by atoms with Crippen LogP contribution in [0.3, 0.4) is 0 Å². The van der Waals surface area contributed by atoms with Crippen LogP contribution in [0.4, 0.5) is 0 Å². The van der Waals surface area contributed by atoms with E-state index in [9.17, 15) is 13.2 Å². The van der Waals surface area contributed by atoms with Crippen molar-refractivity contribution in [3.8, 4) is 0 Å². The number of methoxy groups -OCH3 is 1.